The first-order chi connectivity index (χ1) is 12.1. The summed E-state index contributed by atoms with van der Waals surface area (Å²) in [5, 5.41) is 2.69. The molecule has 0 aromatic heterocycles. The van der Waals surface area contributed by atoms with Gasteiger partial charge in [-0.2, -0.15) is 0 Å². The Labute approximate surface area is 146 Å². The van der Waals surface area contributed by atoms with Gasteiger partial charge in [-0.1, -0.05) is 12.1 Å². The van der Waals surface area contributed by atoms with Crippen LogP contribution in [0.4, 0.5) is 9.18 Å². The van der Waals surface area contributed by atoms with Gasteiger partial charge in [-0.3, -0.25) is 15.1 Å². The summed E-state index contributed by atoms with van der Waals surface area (Å²) in [6, 6.07) is 5.20. The lowest BCUT2D eigenvalue weighted by Gasteiger charge is -2.26. The van der Waals surface area contributed by atoms with Gasteiger partial charge >= 0.3 is 6.03 Å². The average molecular weight is 352 g/mol. The summed E-state index contributed by atoms with van der Waals surface area (Å²) in [4.78, 5) is 25.6. The Morgan fingerprint density at radius 3 is 2.52 bits per heavy atom. The van der Waals surface area contributed by atoms with Gasteiger partial charge in [-0.15, -0.1) is 0 Å². The van der Waals surface area contributed by atoms with E-state index in [4.69, 9.17) is 4.74 Å². The number of nitrogens with zero attached hydrogens (tertiary/aromatic N) is 1. The maximum atomic E-state index is 12.8. The Kier molecular flexibility index (Phi) is 8.14. The highest BCUT2D eigenvalue weighted by Crippen LogP contribution is 2.03. The highest BCUT2D eigenvalue weighted by Gasteiger charge is 2.09. The summed E-state index contributed by atoms with van der Waals surface area (Å²) in [5.41, 5.74) is 5.30. The monoisotopic (exact) mass is 352 g/mol. The number of rotatable bonds is 7. The summed E-state index contributed by atoms with van der Waals surface area (Å²) in [6.45, 7) is 5.06. The van der Waals surface area contributed by atoms with Crippen molar-refractivity contribution in [2.45, 2.75) is 19.3 Å². The van der Waals surface area contributed by atoms with Gasteiger partial charge < -0.3 is 10.1 Å². The van der Waals surface area contributed by atoms with Gasteiger partial charge in [0.1, 0.15) is 5.82 Å². The molecule has 0 aliphatic carbocycles. The molecule has 3 N–H and O–H groups in total. The smallest absolute Gasteiger partial charge is 0.333 e. The summed E-state index contributed by atoms with van der Waals surface area (Å²) >= 11 is 0. The maximum Gasteiger partial charge on any atom is 0.333 e. The highest BCUT2D eigenvalue weighted by molar-refractivity contribution is 5.82. The standard InChI is InChI=1S/C17H25FN4O3/c18-15-5-3-14(4-6-15)13-16(23)20-21-17(24)19-7-1-2-8-22-9-11-25-12-10-22/h3-6H,1-2,7-13H2,(H,20,23)(H2,19,21,24). The molecule has 7 nitrogen and oxygen atoms in total. The van der Waals surface area contributed by atoms with Crippen molar-refractivity contribution >= 4 is 11.9 Å². The number of nitrogens with one attached hydrogen (secondary N) is 3. The predicted molar refractivity (Wildman–Crippen MR) is 91.3 cm³/mol. The lowest BCUT2D eigenvalue weighted by Crippen LogP contribution is -2.47. The van der Waals surface area contributed by atoms with E-state index in [1.165, 1.54) is 24.3 Å². The first kappa shape index (κ1) is 19.1. The van der Waals surface area contributed by atoms with Crippen LogP contribution in [0.5, 0.6) is 0 Å². The Balaban J connectivity index is 1.50. The summed E-state index contributed by atoms with van der Waals surface area (Å²) in [7, 11) is 0. The number of halogens is 1. The van der Waals surface area contributed by atoms with Gasteiger partial charge in [0.25, 0.3) is 0 Å². The molecule has 0 bridgehead atoms. The fourth-order valence-electron chi connectivity index (χ4n) is 2.49. The molecule has 1 aliphatic rings. The number of ether oxygens (including phenoxy) is 1. The second kappa shape index (κ2) is 10.6. The van der Waals surface area contributed by atoms with Crippen LogP contribution >= 0.6 is 0 Å². The molecule has 0 unspecified atom stereocenters. The molecule has 0 atom stereocenters. The number of benzene rings is 1. The number of hydrogen-bond acceptors (Lipinski definition) is 4. The number of amides is 3. The molecular weight excluding hydrogens is 327 g/mol. The summed E-state index contributed by atoms with van der Waals surface area (Å²) in [5.74, 6) is -0.718. The quantitative estimate of drug-likeness (QED) is 0.501. The molecule has 1 heterocycles. The Bertz CT molecular complexity index is 547. The predicted octanol–water partition coefficient (Wildman–Crippen LogP) is 0.811. The fraction of sp³-hybridized carbons (Fsp3) is 0.529. The van der Waals surface area contributed by atoms with Crippen molar-refractivity contribution in [3.05, 3.63) is 35.6 Å². The van der Waals surface area contributed by atoms with E-state index in [-0.39, 0.29) is 18.1 Å². The maximum absolute atomic E-state index is 12.8. The van der Waals surface area contributed by atoms with E-state index in [1.807, 2.05) is 0 Å². The number of carbonyl (C=O) groups excluding carboxylic acids is 2. The molecule has 0 radical (unpaired) electrons. The van der Waals surface area contributed by atoms with Gasteiger partial charge in [-0.05, 0) is 37.1 Å². The van der Waals surface area contributed by atoms with E-state index in [0.29, 0.717) is 12.1 Å². The van der Waals surface area contributed by atoms with E-state index in [2.05, 4.69) is 21.1 Å². The van der Waals surface area contributed by atoms with Gasteiger partial charge in [0.2, 0.25) is 5.91 Å². The lowest BCUT2D eigenvalue weighted by atomic mass is 10.1. The third kappa shape index (κ3) is 7.95. The topological polar surface area (TPSA) is 82.7 Å². The van der Waals surface area contributed by atoms with Crippen molar-refractivity contribution in [3.63, 3.8) is 0 Å². The molecule has 25 heavy (non-hydrogen) atoms. The molecule has 3 amide bonds. The van der Waals surface area contributed by atoms with Crippen LogP contribution < -0.4 is 16.2 Å². The Morgan fingerprint density at radius 2 is 1.80 bits per heavy atom. The fourth-order valence-corrected chi connectivity index (χ4v) is 2.49. The second-order valence-corrected chi connectivity index (χ2v) is 5.89. The average Bonchev–Trinajstić information content (AvgIpc) is 2.62. The van der Waals surface area contributed by atoms with Crippen molar-refractivity contribution in [2.24, 2.45) is 0 Å². The molecule has 1 fully saturated rings. The second-order valence-electron chi connectivity index (χ2n) is 5.89. The van der Waals surface area contributed by atoms with Crippen molar-refractivity contribution in [2.75, 3.05) is 39.4 Å². The van der Waals surface area contributed by atoms with Crippen molar-refractivity contribution < 1.29 is 18.7 Å². The SMILES string of the molecule is O=C(Cc1ccc(F)cc1)NNC(=O)NCCCCN1CCOCC1. The molecule has 0 spiro atoms. The van der Waals surface area contributed by atoms with Crippen LogP contribution in [-0.4, -0.2) is 56.2 Å². The third-order valence-electron chi connectivity index (χ3n) is 3.88. The molecule has 1 aliphatic heterocycles. The minimum Gasteiger partial charge on any atom is -0.379 e. The Hall–Kier alpha value is -2.19. The number of unbranched alkanes of at least 4 members (excludes halogenated alkanes) is 1. The zero-order valence-electron chi connectivity index (χ0n) is 14.2. The van der Waals surface area contributed by atoms with Gasteiger partial charge in [0.15, 0.2) is 0 Å². The van der Waals surface area contributed by atoms with E-state index in [0.717, 1.165) is 45.7 Å². The largest absolute Gasteiger partial charge is 0.379 e. The van der Waals surface area contributed by atoms with E-state index in [9.17, 15) is 14.0 Å². The molecule has 2 rings (SSSR count). The Morgan fingerprint density at radius 1 is 1.08 bits per heavy atom. The van der Waals surface area contributed by atoms with Crippen LogP contribution in [0, 0.1) is 5.82 Å². The van der Waals surface area contributed by atoms with Crippen molar-refractivity contribution in [1.29, 1.82) is 0 Å². The molecule has 1 aromatic rings. The zero-order valence-corrected chi connectivity index (χ0v) is 14.2. The van der Waals surface area contributed by atoms with E-state index in [1.54, 1.807) is 0 Å². The summed E-state index contributed by atoms with van der Waals surface area (Å²) in [6.07, 6.45) is 1.94. The molecule has 138 valence electrons. The number of hydrazine groups is 1. The third-order valence-corrected chi connectivity index (χ3v) is 3.88. The first-order valence-corrected chi connectivity index (χ1v) is 8.51. The van der Waals surface area contributed by atoms with Crippen LogP contribution in [-0.2, 0) is 16.0 Å². The van der Waals surface area contributed by atoms with Gasteiger partial charge in [0.05, 0.1) is 19.6 Å². The van der Waals surface area contributed by atoms with Crippen molar-refractivity contribution in [3.8, 4) is 0 Å². The number of carbonyl (C=O) groups is 2. The van der Waals surface area contributed by atoms with Crippen LogP contribution in [0.25, 0.3) is 0 Å². The zero-order chi connectivity index (χ0) is 17.9. The first-order valence-electron chi connectivity index (χ1n) is 8.51. The molecule has 1 aromatic carbocycles. The summed E-state index contributed by atoms with van der Waals surface area (Å²) < 4.78 is 18.1. The van der Waals surface area contributed by atoms with E-state index < -0.39 is 6.03 Å². The lowest BCUT2D eigenvalue weighted by molar-refractivity contribution is -0.121. The molecular formula is C17H25FN4O3. The van der Waals surface area contributed by atoms with Gasteiger partial charge in [0, 0.05) is 19.6 Å². The highest BCUT2D eigenvalue weighted by atomic mass is 19.1. The van der Waals surface area contributed by atoms with E-state index >= 15 is 0 Å². The van der Waals surface area contributed by atoms with Crippen LogP contribution in [0.15, 0.2) is 24.3 Å². The number of hydrogen-bond donors (Lipinski definition) is 3. The van der Waals surface area contributed by atoms with Gasteiger partial charge in [-0.25, -0.2) is 14.6 Å². The van der Waals surface area contributed by atoms with Crippen molar-refractivity contribution in [1.82, 2.24) is 21.1 Å². The molecule has 8 heteroatoms. The normalized spacial score (nSPS) is 14.8. The van der Waals surface area contributed by atoms with Crippen LogP contribution in [0.2, 0.25) is 0 Å². The number of urea groups is 1. The minimum absolute atomic E-state index is 0.0696. The number of morpholine rings is 1. The minimum atomic E-state index is -0.446. The van der Waals surface area contributed by atoms with Crippen LogP contribution in [0.1, 0.15) is 18.4 Å². The van der Waals surface area contributed by atoms with Crippen LogP contribution in [0.3, 0.4) is 0 Å². The molecule has 1 saturated heterocycles. The molecule has 0 saturated carbocycles.